The lowest BCUT2D eigenvalue weighted by Gasteiger charge is -2.46. The zero-order valence-electron chi connectivity index (χ0n) is 8.77. The molecule has 1 heterocycles. The number of hydrogen-bond donors (Lipinski definition) is 1. The Morgan fingerprint density at radius 3 is 2.44 bits per heavy atom. The first-order chi connectivity index (χ1) is 7.68. The Balaban J connectivity index is 1.87. The van der Waals surface area contributed by atoms with Crippen molar-refractivity contribution in [2.45, 2.75) is 31.0 Å². The summed E-state index contributed by atoms with van der Waals surface area (Å²) < 4.78 is 12.8. The summed E-state index contributed by atoms with van der Waals surface area (Å²) in [5.41, 5.74) is 6.74. The Labute approximate surface area is 93.0 Å². The second-order valence-electron chi connectivity index (χ2n) is 4.50. The van der Waals surface area contributed by atoms with Crippen molar-refractivity contribution in [1.29, 1.82) is 0 Å². The summed E-state index contributed by atoms with van der Waals surface area (Å²) in [5, 5.41) is 0. The van der Waals surface area contributed by atoms with Crippen molar-refractivity contribution in [1.82, 2.24) is 4.90 Å². The van der Waals surface area contributed by atoms with E-state index in [2.05, 4.69) is 0 Å². The molecule has 0 bridgehead atoms. The van der Waals surface area contributed by atoms with Crippen molar-refractivity contribution >= 4 is 5.91 Å². The number of likely N-dealkylation sites (tertiary alicyclic amines) is 1. The molecule has 0 spiro atoms. The number of hydrogen-bond acceptors (Lipinski definition) is 2. The van der Waals surface area contributed by atoms with Crippen LogP contribution in [-0.2, 0) is 4.79 Å². The maximum absolute atomic E-state index is 12.8. The van der Waals surface area contributed by atoms with Crippen molar-refractivity contribution in [3.63, 3.8) is 0 Å². The lowest BCUT2D eigenvalue weighted by molar-refractivity contribution is -0.150. The summed E-state index contributed by atoms with van der Waals surface area (Å²) in [6.07, 6.45) is 2.13. The van der Waals surface area contributed by atoms with Crippen molar-refractivity contribution < 1.29 is 9.18 Å². The maximum atomic E-state index is 12.8. The Kier molecular flexibility index (Phi) is 2.01. The van der Waals surface area contributed by atoms with Crippen molar-refractivity contribution in [3.05, 3.63) is 35.6 Å². The predicted molar refractivity (Wildman–Crippen MR) is 57.0 cm³/mol. The van der Waals surface area contributed by atoms with E-state index in [1.54, 1.807) is 12.1 Å². The van der Waals surface area contributed by atoms with Crippen LogP contribution in [-0.4, -0.2) is 22.9 Å². The molecule has 1 aliphatic carbocycles. The number of halogens is 1. The molecule has 16 heavy (non-hydrogen) atoms. The predicted octanol–water partition coefficient (Wildman–Crippen LogP) is 1.20. The Bertz CT molecular complexity index is 427. The first kappa shape index (κ1) is 9.78. The minimum Gasteiger partial charge on any atom is -0.329 e. The van der Waals surface area contributed by atoms with Gasteiger partial charge in [0.1, 0.15) is 11.9 Å². The van der Waals surface area contributed by atoms with Crippen molar-refractivity contribution in [2.75, 3.05) is 0 Å². The van der Waals surface area contributed by atoms with Gasteiger partial charge < -0.3 is 10.6 Å². The molecule has 1 saturated heterocycles. The molecule has 84 valence electrons. The minimum absolute atomic E-state index is 0.0248. The van der Waals surface area contributed by atoms with Crippen molar-refractivity contribution in [2.24, 2.45) is 5.73 Å². The molecule has 1 aromatic rings. The monoisotopic (exact) mass is 220 g/mol. The average Bonchev–Trinajstić information content (AvgIpc) is 3.10. The van der Waals surface area contributed by atoms with Crippen molar-refractivity contribution in [3.8, 4) is 0 Å². The van der Waals surface area contributed by atoms with E-state index in [0.717, 1.165) is 18.4 Å². The molecular weight excluding hydrogens is 207 g/mol. The third-order valence-corrected chi connectivity index (χ3v) is 3.33. The zero-order chi connectivity index (χ0) is 11.3. The van der Waals surface area contributed by atoms with E-state index in [1.807, 2.05) is 4.90 Å². The molecule has 1 aliphatic heterocycles. The third-order valence-electron chi connectivity index (χ3n) is 3.33. The van der Waals surface area contributed by atoms with Crippen LogP contribution in [0.15, 0.2) is 24.3 Å². The molecule has 2 aliphatic rings. The van der Waals surface area contributed by atoms with Crippen LogP contribution in [0.2, 0.25) is 0 Å². The number of carbonyl (C=O) groups excluding carboxylic acids is 1. The van der Waals surface area contributed by atoms with Crippen LogP contribution in [0, 0.1) is 5.82 Å². The van der Waals surface area contributed by atoms with Gasteiger partial charge in [-0.25, -0.2) is 4.39 Å². The molecule has 3 nitrogen and oxygen atoms in total. The molecule has 0 radical (unpaired) electrons. The lowest BCUT2D eigenvalue weighted by atomic mass is 9.89. The molecule has 2 atom stereocenters. The highest BCUT2D eigenvalue weighted by Crippen LogP contribution is 2.42. The molecule has 1 amide bonds. The quantitative estimate of drug-likeness (QED) is 0.761. The molecule has 3 rings (SSSR count). The standard InChI is InChI=1S/C12H13FN2O/c13-8-3-1-7(2-4-8)11-10(14)12(16)15(11)9-5-6-9/h1-4,9-11H,5-6,14H2/t10-,11+/m0/s1. The maximum Gasteiger partial charge on any atom is 0.242 e. The van der Waals surface area contributed by atoms with E-state index in [9.17, 15) is 9.18 Å². The van der Waals surface area contributed by atoms with Gasteiger partial charge in [-0.05, 0) is 30.5 Å². The van der Waals surface area contributed by atoms with Gasteiger partial charge in [0, 0.05) is 6.04 Å². The Hall–Kier alpha value is -1.42. The highest BCUT2D eigenvalue weighted by molar-refractivity contribution is 5.90. The van der Waals surface area contributed by atoms with Gasteiger partial charge in [-0.1, -0.05) is 12.1 Å². The molecule has 0 unspecified atom stereocenters. The SMILES string of the molecule is N[C@@H]1C(=O)N(C2CC2)[C@@H]1c1ccc(F)cc1. The number of rotatable bonds is 2. The largest absolute Gasteiger partial charge is 0.329 e. The molecule has 1 saturated carbocycles. The second kappa shape index (κ2) is 3.28. The minimum atomic E-state index is -0.453. The fourth-order valence-electron chi connectivity index (χ4n) is 2.32. The van der Waals surface area contributed by atoms with E-state index >= 15 is 0 Å². The second-order valence-corrected chi connectivity index (χ2v) is 4.50. The van der Waals surface area contributed by atoms with Gasteiger partial charge in [-0.3, -0.25) is 4.79 Å². The molecule has 0 aromatic heterocycles. The summed E-state index contributed by atoms with van der Waals surface area (Å²) >= 11 is 0. The number of nitrogens with two attached hydrogens (primary N) is 1. The lowest BCUT2D eigenvalue weighted by Crippen LogP contribution is -2.63. The number of β-lactam (4-membered cyclic amide) rings is 1. The summed E-state index contributed by atoms with van der Waals surface area (Å²) in [6, 6.07) is 6.10. The first-order valence-corrected chi connectivity index (χ1v) is 5.51. The van der Waals surface area contributed by atoms with Gasteiger partial charge in [-0.15, -0.1) is 0 Å². The highest BCUT2D eigenvalue weighted by atomic mass is 19.1. The molecule has 1 aromatic carbocycles. The van der Waals surface area contributed by atoms with Gasteiger partial charge >= 0.3 is 0 Å². The fraction of sp³-hybridized carbons (Fsp3) is 0.417. The van der Waals surface area contributed by atoms with Gasteiger partial charge in [0.25, 0.3) is 0 Å². The van der Waals surface area contributed by atoms with Crippen LogP contribution < -0.4 is 5.73 Å². The highest BCUT2D eigenvalue weighted by Gasteiger charge is 2.51. The summed E-state index contributed by atoms with van der Waals surface area (Å²) in [4.78, 5) is 13.5. The zero-order valence-corrected chi connectivity index (χ0v) is 8.77. The van der Waals surface area contributed by atoms with Crippen LogP contribution in [0.25, 0.3) is 0 Å². The van der Waals surface area contributed by atoms with Crippen LogP contribution in [0.1, 0.15) is 24.4 Å². The normalized spacial score (nSPS) is 29.1. The fourth-order valence-corrected chi connectivity index (χ4v) is 2.32. The van der Waals surface area contributed by atoms with E-state index < -0.39 is 6.04 Å². The van der Waals surface area contributed by atoms with E-state index in [0.29, 0.717) is 6.04 Å². The van der Waals surface area contributed by atoms with Crippen LogP contribution in [0.3, 0.4) is 0 Å². The first-order valence-electron chi connectivity index (χ1n) is 5.51. The number of nitrogens with zero attached hydrogens (tertiary/aromatic N) is 1. The Morgan fingerprint density at radius 1 is 1.25 bits per heavy atom. The topological polar surface area (TPSA) is 46.3 Å². The van der Waals surface area contributed by atoms with Gasteiger partial charge in [-0.2, -0.15) is 0 Å². The van der Waals surface area contributed by atoms with Crippen LogP contribution >= 0.6 is 0 Å². The summed E-state index contributed by atoms with van der Waals surface area (Å²) in [6.45, 7) is 0. The van der Waals surface area contributed by atoms with Crippen LogP contribution in [0.4, 0.5) is 4.39 Å². The van der Waals surface area contributed by atoms with E-state index in [4.69, 9.17) is 5.73 Å². The van der Waals surface area contributed by atoms with E-state index in [1.165, 1.54) is 12.1 Å². The molecule has 2 fully saturated rings. The average molecular weight is 220 g/mol. The van der Waals surface area contributed by atoms with Gasteiger partial charge in [0.2, 0.25) is 5.91 Å². The van der Waals surface area contributed by atoms with E-state index in [-0.39, 0.29) is 17.8 Å². The van der Waals surface area contributed by atoms with Gasteiger partial charge in [0.05, 0.1) is 6.04 Å². The number of amides is 1. The summed E-state index contributed by atoms with van der Waals surface area (Å²) in [5.74, 6) is -0.238. The van der Waals surface area contributed by atoms with Gasteiger partial charge in [0.15, 0.2) is 0 Å². The summed E-state index contributed by atoms with van der Waals surface area (Å²) in [7, 11) is 0. The number of benzene rings is 1. The molecule has 2 N–H and O–H groups in total. The smallest absolute Gasteiger partial charge is 0.242 e. The molecular formula is C12H13FN2O. The third kappa shape index (κ3) is 1.33. The Morgan fingerprint density at radius 2 is 1.88 bits per heavy atom. The number of carbonyl (C=O) groups is 1. The van der Waals surface area contributed by atoms with Crippen LogP contribution in [0.5, 0.6) is 0 Å². The molecule has 4 heteroatoms.